The molecule has 9 heteroatoms. The molecule has 184 valence electrons. The molecule has 33 heavy (non-hydrogen) atoms. The quantitative estimate of drug-likeness (QED) is 0.357. The number of likely N-dealkylation sites (N-methyl/N-ethyl adjacent to an activating group) is 1. The number of fused-ring (bicyclic) bond motifs is 1. The van der Waals surface area contributed by atoms with Crippen molar-refractivity contribution in [2.45, 2.75) is 40.5 Å². The number of nitrogens with one attached hydrogen (secondary N) is 1. The molecule has 1 atom stereocenters. The molecule has 0 aliphatic carbocycles. The second-order valence-corrected chi connectivity index (χ2v) is 8.85. The van der Waals surface area contributed by atoms with Crippen molar-refractivity contribution in [1.29, 1.82) is 0 Å². The number of halogens is 2. The van der Waals surface area contributed by atoms with Crippen LogP contribution in [0, 0.1) is 5.92 Å². The Bertz CT molecular complexity index is 939. The van der Waals surface area contributed by atoms with Gasteiger partial charge in [0, 0.05) is 22.5 Å². The lowest BCUT2D eigenvalue weighted by Crippen LogP contribution is -2.29. The molecule has 0 aliphatic rings. The molecule has 0 fully saturated rings. The molecule has 0 spiro atoms. The highest BCUT2D eigenvalue weighted by molar-refractivity contribution is 6.39. The molecule has 1 aromatic heterocycles. The summed E-state index contributed by atoms with van der Waals surface area (Å²) in [6.07, 6.45) is 0.629. The van der Waals surface area contributed by atoms with Gasteiger partial charge in [-0.25, -0.2) is 4.79 Å². The minimum absolute atomic E-state index is 0.165. The zero-order chi connectivity index (χ0) is 24.5. The van der Waals surface area contributed by atoms with Crippen LogP contribution < -0.4 is 0 Å². The van der Waals surface area contributed by atoms with Gasteiger partial charge in [-0.3, -0.25) is 4.79 Å². The number of hydrogen-bond donors (Lipinski definition) is 2. The third-order valence-corrected chi connectivity index (χ3v) is 6.66. The number of H-pyrrole nitrogens is 1. The van der Waals surface area contributed by atoms with Gasteiger partial charge in [-0.2, -0.15) is 0 Å². The first-order valence-electron chi connectivity index (χ1n) is 11.6. The van der Waals surface area contributed by atoms with E-state index in [0.29, 0.717) is 46.0 Å². The SMILES string of the molecule is CCN(CC)CCOC(=O)c1[nH]c2cc(Cl)cc(Cl)c2c1CC(CCN(CC)CC)C(=O)O. The molecular weight excluding hydrogens is 465 g/mol. The first-order valence-corrected chi connectivity index (χ1v) is 12.3. The van der Waals surface area contributed by atoms with E-state index in [1.54, 1.807) is 12.1 Å². The maximum absolute atomic E-state index is 13.0. The van der Waals surface area contributed by atoms with Crippen LogP contribution in [-0.4, -0.2) is 77.7 Å². The number of nitrogens with zero attached hydrogens (tertiary/aromatic N) is 2. The number of esters is 1. The van der Waals surface area contributed by atoms with Crippen molar-refractivity contribution in [1.82, 2.24) is 14.8 Å². The van der Waals surface area contributed by atoms with Gasteiger partial charge in [0.05, 0.1) is 10.9 Å². The van der Waals surface area contributed by atoms with Crippen LogP contribution in [0.5, 0.6) is 0 Å². The number of rotatable bonds is 14. The molecule has 2 rings (SSSR count). The van der Waals surface area contributed by atoms with Crippen LogP contribution in [0.1, 0.15) is 50.2 Å². The molecule has 0 saturated carbocycles. The summed E-state index contributed by atoms with van der Waals surface area (Å²) in [6.45, 7) is 13.2. The molecule has 0 radical (unpaired) electrons. The minimum atomic E-state index is -0.901. The van der Waals surface area contributed by atoms with Gasteiger partial charge in [0.25, 0.3) is 0 Å². The third kappa shape index (κ3) is 7.34. The van der Waals surface area contributed by atoms with E-state index in [4.69, 9.17) is 27.9 Å². The Kier molecular flexibility index (Phi) is 11.0. The Hall–Kier alpha value is -1.80. The highest BCUT2D eigenvalue weighted by Crippen LogP contribution is 2.34. The molecule has 1 heterocycles. The summed E-state index contributed by atoms with van der Waals surface area (Å²) in [4.78, 5) is 32.5. The Morgan fingerprint density at radius 2 is 1.64 bits per heavy atom. The van der Waals surface area contributed by atoms with E-state index in [2.05, 4.69) is 42.5 Å². The Morgan fingerprint density at radius 1 is 1.03 bits per heavy atom. The van der Waals surface area contributed by atoms with E-state index < -0.39 is 17.9 Å². The molecule has 0 aliphatic heterocycles. The number of ether oxygens (including phenoxy) is 1. The molecule has 0 saturated heterocycles. The molecule has 7 nitrogen and oxygen atoms in total. The second kappa shape index (κ2) is 13.2. The van der Waals surface area contributed by atoms with Crippen LogP contribution in [0.15, 0.2) is 12.1 Å². The van der Waals surface area contributed by atoms with Crippen molar-refractivity contribution < 1.29 is 19.4 Å². The predicted molar refractivity (Wildman–Crippen MR) is 134 cm³/mol. The summed E-state index contributed by atoms with van der Waals surface area (Å²) < 4.78 is 5.53. The van der Waals surface area contributed by atoms with Crippen LogP contribution in [0.25, 0.3) is 10.9 Å². The lowest BCUT2D eigenvalue weighted by atomic mass is 9.94. The van der Waals surface area contributed by atoms with Crippen LogP contribution in [0.3, 0.4) is 0 Å². The normalized spacial score (nSPS) is 12.6. The van der Waals surface area contributed by atoms with Crippen molar-refractivity contribution in [3.05, 3.63) is 33.4 Å². The largest absolute Gasteiger partial charge is 0.481 e. The predicted octanol–water partition coefficient (Wildman–Crippen LogP) is 4.95. The van der Waals surface area contributed by atoms with E-state index in [9.17, 15) is 14.7 Å². The fraction of sp³-hybridized carbons (Fsp3) is 0.583. The average molecular weight is 500 g/mol. The van der Waals surface area contributed by atoms with Crippen molar-refractivity contribution >= 4 is 46.0 Å². The summed E-state index contributed by atoms with van der Waals surface area (Å²) >= 11 is 12.6. The van der Waals surface area contributed by atoms with Gasteiger partial charge in [-0.05, 0) is 63.3 Å². The van der Waals surface area contributed by atoms with Crippen LogP contribution >= 0.6 is 23.2 Å². The molecule has 1 aromatic carbocycles. The summed E-state index contributed by atoms with van der Waals surface area (Å²) in [5.41, 5.74) is 1.39. The van der Waals surface area contributed by atoms with Crippen LogP contribution in [0.2, 0.25) is 10.0 Å². The zero-order valence-electron chi connectivity index (χ0n) is 19.9. The Labute approximate surface area is 206 Å². The van der Waals surface area contributed by atoms with E-state index >= 15 is 0 Å². The molecule has 2 aromatic rings. The van der Waals surface area contributed by atoms with Gasteiger partial charge < -0.3 is 24.6 Å². The van der Waals surface area contributed by atoms with E-state index in [-0.39, 0.29) is 18.7 Å². The van der Waals surface area contributed by atoms with Crippen molar-refractivity contribution in [2.24, 2.45) is 5.92 Å². The standard InChI is InChI=1S/C24H35Cl2N3O4/c1-5-28(6-2)10-9-16(23(30)31)13-18-21-19(26)14-17(25)15-20(21)27-22(18)24(32)33-12-11-29(7-3)8-4/h14-16,27H,5-13H2,1-4H3,(H,30,31). The number of benzene rings is 1. The third-order valence-electron chi connectivity index (χ3n) is 6.15. The number of aromatic amines is 1. The van der Waals surface area contributed by atoms with Gasteiger partial charge >= 0.3 is 11.9 Å². The monoisotopic (exact) mass is 499 g/mol. The minimum Gasteiger partial charge on any atom is -0.481 e. The number of carbonyl (C=O) groups is 2. The number of carboxylic acids is 1. The van der Waals surface area contributed by atoms with Gasteiger partial charge in [0.2, 0.25) is 0 Å². The summed E-state index contributed by atoms with van der Waals surface area (Å²) in [5.74, 6) is -2.09. The first kappa shape index (κ1) is 27.4. The van der Waals surface area contributed by atoms with Gasteiger partial charge in [0.15, 0.2) is 0 Å². The van der Waals surface area contributed by atoms with E-state index in [1.807, 2.05) is 0 Å². The van der Waals surface area contributed by atoms with Crippen molar-refractivity contribution in [2.75, 3.05) is 45.9 Å². The maximum Gasteiger partial charge on any atom is 0.355 e. The molecule has 0 bridgehead atoms. The second-order valence-electron chi connectivity index (χ2n) is 8.01. The van der Waals surface area contributed by atoms with Crippen molar-refractivity contribution in [3.63, 3.8) is 0 Å². The Balaban J connectivity index is 2.35. The molecule has 1 unspecified atom stereocenters. The highest BCUT2D eigenvalue weighted by Gasteiger charge is 2.27. The lowest BCUT2D eigenvalue weighted by Gasteiger charge is -2.21. The number of hydrogen-bond acceptors (Lipinski definition) is 5. The maximum atomic E-state index is 13.0. The van der Waals surface area contributed by atoms with Gasteiger partial charge in [0.1, 0.15) is 12.3 Å². The smallest absolute Gasteiger partial charge is 0.355 e. The summed E-state index contributed by atoms with van der Waals surface area (Å²) in [7, 11) is 0. The number of carbonyl (C=O) groups excluding carboxylic acids is 1. The van der Waals surface area contributed by atoms with E-state index in [0.717, 1.165) is 26.2 Å². The molecule has 2 N–H and O–H groups in total. The van der Waals surface area contributed by atoms with Crippen LogP contribution in [-0.2, 0) is 16.0 Å². The average Bonchev–Trinajstić information content (AvgIpc) is 3.14. The number of aromatic nitrogens is 1. The first-order chi connectivity index (χ1) is 15.7. The zero-order valence-corrected chi connectivity index (χ0v) is 21.4. The molecule has 0 amide bonds. The highest BCUT2D eigenvalue weighted by atomic mass is 35.5. The van der Waals surface area contributed by atoms with E-state index in [1.165, 1.54) is 0 Å². The van der Waals surface area contributed by atoms with Gasteiger partial charge in [-0.1, -0.05) is 50.9 Å². The Morgan fingerprint density at radius 3 is 2.21 bits per heavy atom. The van der Waals surface area contributed by atoms with Gasteiger partial charge in [-0.15, -0.1) is 0 Å². The molecular formula is C24H35Cl2N3O4. The number of carboxylic acid groups (broad SMARTS) is 1. The fourth-order valence-electron chi connectivity index (χ4n) is 4.01. The number of aliphatic carboxylic acids is 1. The van der Waals surface area contributed by atoms with Crippen molar-refractivity contribution in [3.8, 4) is 0 Å². The summed E-state index contributed by atoms with van der Waals surface area (Å²) in [5, 5.41) is 11.3. The topological polar surface area (TPSA) is 85.9 Å². The fourth-order valence-corrected chi connectivity index (χ4v) is 4.62. The lowest BCUT2D eigenvalue weighted by molar-refractivity contribution is -0.142. The summed E-state index contributed by atoms with van der Waals surface area (Å²) in [6, 6.07) is 3.29. The van der Waals surface area contributed by atoms with Crippen LogP contribution in [0.4, 0.5) is 0 Å².